The Morgan fingerprint density at radius 3 is 2.42 bits per heavy atom. The highest BCUT2D eigenvalue weighted by atomic mass is 127. The summed E-state index contributed by atoms with van der Waals surface area (Å²) in [5, 5.41) is 4.83. The number of carbonyl (C=O) groups is 2. The first kappa shape index (κ1) is 18.7. The minimum absolute atomic E-state index is 0.00931. The molecule has 0 unspecified atom stereocenters. The standard InChI is InChI=1S/C16H17IN2O4S/c1-3-5-23-13-11(17)7-9(8-12(13)22-4-2)6-10-14(20)18-16(24)19-15(10)21/h6-8H,3-5H2,1-2H3,(H2,18,19,20,21,24). The van der Waals surface area contributed by atoms with Crippen LogP contribution in [-0.2, 0) is 9.59 Å². The zero-order chi connectivity index (χ0) is 17.7. The molecule has 1 aliphatic heterocycles. The molecule has 0 aromatic heterocycles. The summed E-state index contributed by atoms with van der Waals surface area (Å²) in [6, 6.07) is 3.58. The Hall–Kier alpha value is -1.68. The first-order valence-corrected chi connectivity index (χ1v) is 8.92. The van der Waals surface area contributed by atoms with Crippen molar-refractivity contribution in [2.24, 2.45) is 0 Å². The van der Waals surface area contributed by atoms with Gasteiger partial charge in [0.15, 0.2) is 16.6 Å². The van der Waals surface area contributed by atoms with Crippen LogP contribution in [0, 0.1) is 3.57 Å². The fraction of sp³-hybridized carbons (Fsp3) is 0.312. The topological polar surface area (TPSA) is 76.7 Å². The fourth-order valence-corrected chi connectivity index (χ4v) is 3.02. The maximum atomic E-state index is 11.9. The number of ether oxygens (including phenoxy) is 2. The number of amides is 2. The van der Waals surface area contributed by atoms with Crippen molar-refractivity contribution in [3.05, 3.63) is 26.8 Å². The van der Waals surface area contributed by atoms with E-state index in [9.17, 15) is 9.59 Å². The fourth-order valence-electron chi connectivity index (χ4n) is 2.05. The number of carbonyl (C=O) groups excluding carboxylic acids is 2. The summed E-state index contributed by atoms with van der Waals surface area (Å²) in [5.74, 6) is 0.197. The van der Waals surface area contributed by atoms with E-state index < -0.39 is 11.8 Å². The van der Waals surface area contributed by atoms with Gasteiger partial charge in [-0.05, 0) is 71.9 Å². The van der Waals surface area contributed by atoms with E-state index in [-0.39, 0.29) is 10.7 Å². The summed E-state index contributed by atoms with van der Waals surface area (Å²) >= 11 is 6.93. The van der Waals surface area contributed by atoms with Gasteiger partial charge in [-0.25, -0.2) is 0 Å². The zero-order valence-electron chi connectivity index (χ0n) is 13.3. The van der Waals surface area contributed by atoms with Gasteiger partial charge in [-0.2, -0.15) is 0 Å². The summed E-state index contributed by atoms with van der Waals surface area (Å²) in [6.07, 6.45) is 2.38. The molecule has 0 spiro atoms. The van der Waals surface area contributed by atoms with Crippen molar-refractivity contribution in [2.75, 3.05) is 13.2 Å². The summed E-state index contributed by atoms with van der Waals surface area (Å²) in [6.45, 7) is 4.97. The average molecular weight is 460 g/mol. The van der Waals surface area contributed by atoms with E-state index in [1.54, 1.807) is 6.07 Å². The van der Waals surface area contributed by atoms with Crippen molar-refractivity contribution in [3.8, 4) is 11.5 Å². The average Bonchev–Trinajstić information content (AvgIpc) is 2.50. The number of hydrogen-bond acceptors (Lipinski definition) is 5. The lowest BCUT2D eigenvalue weighted by Gasteiger charge is -2.17. The molecular weight excluding hydrogens is 443 g/mol. The van der Waals surface area contributed by atoms with Gasteiger partial charge in [0.1, 0.15) is 5.57 Å². The van der Waals surface area contributed by atoms with E-state index >= 15 is 0 Å². The van der Waals surface area contributed by atoms with Gasteiger partial charge in [0.25, 0.3) is 11.8 Å². The smallest absolute Gasteiger partial charge is 0.263 e. The molecule has 2 rings (SSSR count). The lowest BCUT2D eigenvalue weighted by molar-refractivity contribution is -0.123. The molecule has 24 heavy (non-hydrogen) atoms. The van der Waals surface area contributed by atoms with E-state index in [1.165, 1.54) is 6.08 Å². The van der Waals surface area contributed by atoms with Crippen LogP contribution < -0.4 is 20.1 Å². The molecule has 0 radical (unpaired) electrons. The number of hydrogen-bond donors (Lipinski definition) is 2. The van der Waals surface area contributed by atoms with Crippen molar-refractivity contribution in [1.29, 1.82) is 0 Å². The van der Waals surface area contributed by atoms with Crippen LogP contribution in [0.1, 0.15) is 25.8 Å². The maximum absolute atomic E-state index is 11.9. The van der Waals surface area contributed by atoms with Crippen LogP contribution in [-0.4, -0.2) is 30.1 Å². The zero-order valence-corrected chi connectivity index (χ0v) is 16.2. The number of rotatable bonds is 6. The third kappa shape index (κ3) is 4.44. The van der Waals surface area contributed by atoms with Gasteiger partial charge in [-0.15, -0.1) is 0 Å². The number of halogens is 1. The molecule has 1 aromatic rings. The number of thiocarbonyl (C=S) groups is 1. The number of benzene rings is 1. The second kappa shape index (κ2) is 8.43. The minimum Gasteiger partial charge on any atom is -0.490 e. The van der Waals surface area contributed by atoms with E-state index in [1.807, 2.05) is 19.9 Å². The quantitative estimate of drug-likeness (QED) is 0.295. The molecule has 2 amide bonds. The largest absolute Gasteiger partial charge is 0.490 e. The van der Waals surface area contributed by atoms with Crippen molar-refractivity contribution in [3.63, 3.8) is 0 Å². The Balaban J connectivity index is 2.40. The second-order valence-corrected chi connectivity index (χ2v) is 6.48. The summed E-state index contributed by atoms with van der Waals surface area (Å²) in [4.78, 5) is 23.9. The highest BCUT2D eigenvalue weighted by Crippen LogP contribution is 2.35. The van der Waals surface area contributed by atoms with Crippen molar-refractivity contribution >= 4 is 57.8 Å². The first-order valence-electron chi connectivity index (χ1n) is 7.43. The molecule has 8 heteroatoms. The van der Waals surface area contributed by atoms with Crippen molar-refractivity contribution in [1.82, 2.24) is 10.6 Å². The molecule has 0 saturated carbocycles. The van der Waals surface area contributed by atoms with Crippen LogP contribution in [0.5, 0.6) is 11.5 Å². The monoisotopic (exact) mass is 460 g/mol. The van der Waals surface area contributed by atoms with Crippen LogP contribution in [0.25, 0.3) is 6.08 Å². The normalized spacial score (nSPS) is 14.1. The summed E-state index contributed by atoms with van der Waals surface area (Å²) in [7, 11) is 0. The molecule has 0 aliphatic carbocycles. The van der Waals surface area contributed by atoms with Crippen LogP contribution >= 0.6 is 34.8 Å². The van der Waals surface area contributed by atoms with Crippen LogP contribution in [0.3, 0.4) is 0 Å². The predicted molar refractivity (Wildman–Crippen MR) is 103 cm³/mol. The van der Waals surface area contributed by atoms with Gasteiger partial charge in [-0.3, -0.25) is 20.2 Å². The van der Waals surface area contributed by atoms with Gasteiger partial charge < -0.3 is 9.47 Å². The molecule has 0 bridgehead atoms. The highest BCUT2D eigenvalue weighted by Gasteiger charge is 2.26. The third-order valence-electron chi connectivity index (χ3n) is 3.04. The maximum Gasteiger partial charge on any atom is 0.263 e. The third-order valence-corrected chi connectivity index (χ3v) is 4.04. The molecule has 1 fully saturated rings. The van der Waals surface area contributed by atoms with Crippen LogP contribution in [0.15, 0.2) is 17.7 Å². The van der Waals surface area contributed by atoms with Crippen LogP contribution in [0.2, 0.25) is 0 Å². The molecule has 1 saturated heterocycles. The second-order valence-electron chi connectivity index (χ2n) is 4.91. The van der Waals surface area contributed by atoms with Crippen molar-refractivity contribution in [2.45, 2.75) is 20.3 Å². The van der Waals surface area contributed by atoms with Gasteiger partial charge in [0, 0.05) is 0 Å². The Labute approximate surface area is 159 Å². The summed E-state index contributed by atoms with van der Waals surface area (Å²) < 4.78 is 12.2. The van der Waals surface area contributed by atoms with E-state index in [0.717, 1.165) is 9.99 Å². The molecule has 128 valence electrons. The lowest BCUT2D eigenvalue weighted by atomic mass is 10.1. The SMILES string of the molecule is CCCOc1c(I)cc(C=C2C(=O)NC(=S)NC2=O)cc1OCC. The van der Waals surface area contributed by atoms with Crippen molar-refractivity contribution < 1.29 is 19.1 Å². The molecule has 2 N–H and O–H groups in total. The predicted octanol–water partition coefficient (Wildman–Crippen LogP) is 2.39. The summed E-state index contributed by atoms with van der Waals surface area (Å²) in [5.41, 5.74) is 0.656. The molecular formula is C16H17IN2O4S. The lowest BCUT2D eigenvalue weighted by Crippen LogP contribution is -2.51. The van der Waals surface area contributed by atoms with Gasteiger partial charge >= 0.3 is 0 Å². The molecule has 6 nitrogen and oxygen atoms in total. The van der Waals surface area contributed by atoms with Gasteiger partial charge in [0.05, 0.1) is 16.8 Å². The Morgan fingerprint density at radius 2 is 1.83 bits per heavy atom. The Kier molecular flexibility index (Phi) is 6.55. The molecule has 0 atom stereocenters. The molecule has 1 aromatic carbocycles. The van der Waals surface area contributed by atoms with Crippen LogP contribution in [0.4, 0.5) is 0 Å². The molecule has 1 heterocycles. The Morgan fingerprint density at radius 1 is 1.17 bits per heavy atom. The van der Waals surface area contributed by atoms with Gasteiger partial charge in [0.2, 0.25) is 0 Å². The number of nitrogens with one attached hydrogen (secondary N) is 2. The Bertz CT molecular complexity index is 696. The van der Waals surface area contributed by atoms with E-state index in [4.69, 9.17) is 21.7 Å². The van der Waals surface area contributed by atoms with E-state index in [2.05, 4.69) is 33.2 Å². The minimum atomic E-state index is -0.525. The highest BCUT2D eigenvalue weighted by molar-refractivity contribution is 14.1. The molecule has 1 aliphatic rings. The first-order chi connectivity index (χ1) is 11.5. The van der Waals surface area contributed by atoms with E-state index in [0.29, 0.717) is 30.3 Å². The van der Waals surface area contributed by atoms with Gasteiger partial charge in [-0.1, -0.05) is 6.92 Å².